The zero-order valence-electron chi connectivity index (χ0n) is 18.7. The number of nitrogens with one attached hydrogen (secondary N) is 1. The van der Waals surface area contributed by atoms with E-state index in [2.05, 4.69) is 5.32 Å². The van der Waals surface area contributed by atoms with Crippen LogP contribution in [0.4, 0.5) is 13.2 Å². The van der Waals surface area contributed by atoms with Crippen molar-refractivity contribution >= 4 is 23.6 Å². The molecule has 1 aliphatic carbocycles. The normalized spacial score (nSPS) is 21.4. The standard InChI is InChI=1S/C24H26F3NO4S/c1-13-11-17-18(33-13)10-9-16(21(29)28-20(22(30)31)23(2,3)4)19(17)32-12-14-5-7-15(8-6-14)24(25,26)27/h5-11,17-18,20H,12H2,1-4H3,(H,28,29)(H,30,31)/t17?,18?,20-/m1/s1. The summed E-state index contributed by atoms with van der Waals surface area (Å²) in [5.74, 6) is -1.57. The van der Waals surface area contributed by atoms with Gasteiger partial charge in [-0.2, -0.15) is 13.2 Å². The minimum atomic E-state index is -4.42. The third-order valence-electron chi connectivity index (χ3n) is 5.42. The maximum absolute atomic E-state index is 13.1. The first-order valence-corrected chi connectivity index (χ1v) is 11.3. The van der Waals surface area contributed by atoms with Crippen LogP contribution in [0.2, 0.25) is 0 Å². The van der Waals surface area contributed by atoms with Crippen LogP contribution in [0.3, 0.4) is 0 Å². The first-order chi connectivity index (χ1) is 15.3. The van der Waals surface area contributed by atoms with Crippen LogP contribution in [-0.4, -0.2) is 28.3 Å². The van der Waals surface area contributed by atoms with Crippen LogP contribution in [0.5, 0.6) is 0 Å². The van der Waals surface area contributed by atoms with Gasteiger partial charge >= 0.3 is 12.1 Å². The van der Waals surface area contributed by atoms with E-state index in [1.807, 2.05) is 19.1 Å². The molecule has 178 valence electrons. The van der Waals surface area contributed by atoms with Crippen molar-refractivity contribution in [3.05, 3.63) is 69.9 Å². The van der Waals surface area contributed by atoms with Crippen LogP contribution in [0.15, 0.2) is 58.7 Å². The van der Waals surface area contributed by atoms with Crippen molar-refractivity contribution in [2.24, 2.45) is 11.3 Å². The maximum atomic E-state index is 13.1. The molecule has 0 aromatic heterocycles. The summed E-state index contributed by atoms with van der Waals surface area (Å²) in [7, 11) is 0. The minimum Gasteiger partial charge on any atom is -0.492 e. The Hall–Kier alpha value is -2.68. The van der Waals surface area contributed by atoms with Gasteiger partial charge in [0.05, 0.1) is 17.1 Å². The van der Waals surface area contributed by atoms with Gasteiger partial charge in [0, 0.05) is 5.25 Å². The number of benzene rings is 1. The third-order valence-corrected chi connectivity index (χ3v) is 6.65. The highest BCUT2D eigenvalue weighted by molar-refractivity contribution is 8.04. The first kappa shape index (κ1) is 25.0. The van der Waals surface area contributed by atoms with E-state index in [1.165, 1.54) is 12.1 Å². The Bertz CT molecular complexity index is 1020. The summed E-state index contributed by atoms with van der Waals surface area (Å²) in [6, 6.07) is 3.53. The van der Waals surface area contributed by atoms with Crippen molar-refractivity contribution in [2.75, 3.05) is 0 Å². The van der Waals surface area contributed by atoms with E-state index in [9.17, 15) is 27.9 Å². The van der Waals surface area contributed by atoms with Gasteiger partial charge in [-0.3, -0.25) is 4.79 Å². The lowest BCUT2D eigenvalue weighted by molar-refractivity contribution is -0.144. The molecule has 0 saturated carbocycles. The molecule has 0 radical (unpaired) electrons. The Morgan fingerprint density at radius 2 is 1.82 bits per heavy atom. The van der Waals surface area contributed by atoms with Gasteiger partial charge < -0.3 is 15.2 Å². The second-order valence-electron chi connectivity index (χ2n) is 9.12. The number of aliphatic carboxylic acids is 1. The molecule has 1 aromatic carbocycles. The number of allylic oxidation sites excluding steroid dienone is 2. The van der Waals surface area contributed by atoms with Gasteiger partial charge in [0.1, 0.15) is 18.4 Å². The molecule has 0 bridgehead atoms. The SMILES string of the molecule is CC1=CC2C(OCc3ccc(C(F)(F)F)cc3)=C(C(=O)N[C@H](C(=O)O)C(C)(C)C)C=CC2S1. The fourth-order valence-corrected chi connectivity index (χ4v) is 4.84. The molecule has 5 nitrogen and oxygen atoms in total. The molecule has 0 saturated heterocycles. The molecule has 2 unspecified atom stereocenters. The van der Waals surface area contributed by atoms with Gasteiger partial charge in [0.25, 0.3) is 5.91 Å². The topological polar surface area (TPSA) is 75.6 Å². The summed E-state index contributed by atoms with van der Waals surface area (Å²) >= 11 is 1.63. The second-order valence-corrected chi connectivity index (χ2v) is 10.5. The van der Waals surface area contributed by atoms with Crippen molar-refractivity contribution in [3.8, 4) is 0 Å². The zero-order valence-corrected chi connectivity index (χ0v) is 19.5. The highest BCUT2D eigenvalue weighted by atomic mass is 32.2. The summed E-state index contributed by atoms with van der Waals surface area (Å²) in [5, 5.41) is 12.2. The molecule has 0 fully saturated rings. The van der Waals surface area contributed by atoms with Gasteiger partial charge in [-0.1, -0.05) is 45.1 Å². The van der Waals surface area contributed by atoms with Crippen molar-refractivity contribution < 1.29 is 32.6 Å². The van der Waals surface area contributed by atoms with Gasteiger partial charge in [0.15, 0.2) is 0 Å². The summed E-state index contributed by atoms with van der Waals surface area (Å²) < 4.78 is 44.5. The summed E-state index contributed by atoms with van der Waals surface area (Å²) in [6.07, 6.45) is 1.06. The summed E-state index contributed by atoms with van der Waals surface area (Å²) in [4.78, 5) is 25.9. The molecule has 1 aromatic rings. The number of hydrogen-bond donors (Lipinski definition) is 2. The molecule has 1 aliphatic heterocycles. The molecule has 3 rings (SSSR count). The zero-order chi connectivity index (χ0) is 24.6. The van der Waals surface area contributed by atoms with E-state index in [4.69, 9.17) is 4.74 Å². The average Bonchev–Trinajstić information content (AvgIpc) is 3.09. The molecule has 3 atom stereocenters. The molecule has 0 spiro atoms. The van der Waals surface area contributed by atoms with Crippen molar-refractivity contribution in [1.29, 1.82) is 0 Å². The number of halogens is 3. The van der Waals surface area contributed by atoms with E-state index in [0.717, 1.165) is 17.0 Å². The molecule has 2 N–H and O–H groups in total. The number of thioether (sulfide) groups is 1. The van der Waals surface area contributed by atoms with Crippen molar-refractivity contribution in [2.45, 2.75) is 51.8 Å². The monoisotopic (exact) mass is 481 g/mol. The Morgan fingerprint density at radius 1 is 1.18 bits per heavy atom. The van der Waals surface area contributed by atoms with E-state index in [1.54, 1.807) is 38.6 Å². The highest BCUT2D eigenvalue weighted by Crippen LogP contribution is 2.44. The van der Waals surface area contributed by atoms with E-state index < -0.39 is 35.1 Å². The number of carbonyl (C=O) groups is 2. The van der Waals surface area contributed by atoms with Crippen molar-refractivity contribution in [3.63, 3.8) is 0 Å². The lowest BCUT2D eigenvalue weighted by Gasteiger charge is -2.30. The number of carboxylic acids is 1. The van der Waals surface area contributed by atoms with Crippen LogP contribution >= 0.6 is 11.8 Å². The smallest absolute Gasteiger partial charge is 0.416 e. The molecule has 33 heavy (non-hydrogen) atoms. The Balaban J connectivity index is 1.87. The Morgan fingerprint density at radius 3 is 2.36 bits per heavy atom. The van der Waals surface area contributed by atoms with Gasteiger partial charge in [-0.15, -0.1) is 11.8 Å². The number of hydrogen-bond acceptors (Lipinski definition) is 4. The predicted octanol–water partition coefficient (Wildman–Crippen LogP) is 5.30. The number of carbonyl (C=O) groups excluding carboxylic acids is 1. The van der Waals surface area contributed by atoms with Crippen LogP contribution in [0, 0.1) is 11.3 Å². The fourth-order valence-electron chi connectivity index (χ4n) is 3.68. The number of carboxylic acid groups (broad SMARTS) is 1. The Labute approximate surface area is 194 Å². The maximum Gasteiger partial charge on any atom is 0.416 e. The molecule has 2 aliphatic rings. The lowest BCUT2D eigenvalue weighted by atomic mass is 9.86. The third kappa shape index (κ3) is 5.82. The second kappa shape index (κ2) is 9.29. The lowest BCUT2D eigenvalue weighted by Crippen LogP contribution is -2.49. The van der Waals surface area contributed by atoms with E-state index >= 15 is 0 Å². The van der Waals surface area contributed by atoms with Gasteiger partial charge in [0.2, 0.25) is 0 Å². The van der Waals surface area contributed by atoms with Crippen LogP contribution in [0.1, 0.15) is 38.8 Å². The number of amides is 1. The summed E-state index contributed by atoms with van der Waals surface area (Å²) in [5.41, 5.74) is -0.737. The number of ether oxygens (including phenoxy) is 1. The summed E-state index contributed by atoms with van der Waals surface area (Å²) in [6.45, 7) is 7.07. The molecule has 1 heterocycles. The minimum absolute atomic E-state index is 0.0273. The van der Waals surface area contributed by atoms with Crippen LogP contribution in [-0.2, 0) is 27.1 Å². The van der Waals surface area contributed by atoms with Crippen LogP contribution in [0.25, 0.3) is 0 Å². The van der Waals surface area contributed by atoms with E-state index in [-0.39, 0.29) is 23.3 Å². The first-order valence-electron chi connectivity index (χ1n) is 10.4. The van der Waals surface area contributed by atoms with E-state index in [0.29, 0.717) is 11.3 Å². The quantitative estimate of drug-likeness (QED) is 0.577. The molecule has 1 amide bonds. The highest BCUT2D eigenvalue weighted by Gasteiger charge is 2.38. The van der Waals surface area contributed by atoms with Gasteiger partial charge in [-0.05, 0) is 41.0 Å². The number of fused-ring (bicyclic) bond motifs is 1. The fraction of sp³-hybridized carbons (Fsp3) is 0.417. The molecule has 9 heteroatoms. The van der Waals surface area contributed by atoms with Crippen molar-refractivity contribution in [1.82, 2.24) is 5.32 Å². The van der Waals surface area contributed by atoms with Crippen LogP contribution < -0.4 is 5.32 Å². The molecular formula is C24H26F3NO4S. The number of alkyl halides is 3. The molecular weight excluding hydrogens is 455 g/mol. The average molecular weight is 482 g/mol. The Kier molecular flexibility index (Phi) is 7.02. The predicted molar refractivity (Wildman–Crippen MR) is 120 cm³/mol. The largest absolute Gasteiger partial charge is 0.492 e. The van der Waals surface area contributed by atoms with Gasteiger partial charge in [-0.25, -0.2) is 4.79 Å². The number of rotatable bonds is 6.